The molecule has 0 amide bonds. The Balaban J connectivity index is 1.27. The molecule has 0 radical (unpaired) electrons. The summed E-state index contributed by atoms with van der Waals surface area (Å²) in [5, 5.41) is 8.91. The van der Waals surface area contributed by atoms with E-state index in [1.165, 1.54) is 10.8 Å². The quantitative estimate of drug-likeness (QED) is 0.201. The highest BCUT2D eigenvalue weighted by atomic mass is 16.3. The SMILES string of the molecule is c1ccc2c(c1)oc1cccc(-c3cccc4oc5ccc6oc7c(-n8c9ccccc9c9ccccc98)cccc7c6c5c34)c12. The van der Waals surface area contributed by atoms with Gasteiger partial charge >= 0.3 is 0 Å². The average molecular weight is 590 g/mol. The molecule has 4 aromatic heterocycles. The molecule has 11 rings (SSSR count). The monoisotopic (exact) mass is 589 g/mol. The average Bonchev–Trinajstić information content (AvgIpc) is 3.86. The molecule has 0 saturated carbocycles. The van der Waals surface area contributed by atoms with Gasteiger partial charge in [-0.1, -0.05) is 91.0 Å². The van der Waals surface area contributed by atoms with Crippen LogP contribution in [0.15, 0.2) is 153 Å². The van der Waals surface area contributed by atoms with Crippen LogP contribution in [-0.2, 0) is 0 Å². The normalized spacial score (nSPS) is 12.3. The molecule has 0 aliphatic rings. The van der Waals surface area contributed by atoms with Crippen molar-refractivity contribution in [1.82, 2.24) is 4.57 Å². The molecule has 214 valence electrons. The van der Waals surface area contributed by atoms with Crippen molar-refractivity contribution in [1.29, 1.82) is 0 Å². The van der Waals surface area contributed by atoms with Crippen LogP contribution in [0, 0.1) is 0 Å². The Bertz CT molecular complexity index is 2980. The fraction of sp³-hybridized carbons (Fsp3) is 0. The summed E-state index contributed by atoms with van der Waals surface area (Å²) in [6.45, 7) is 0. The van der Waals surface area contributed by atoms with Crippen LogP contribution in [0.3, 0.4) is 0 Å². The number of aromatic nitrogens is 1. The zero-order chi connectivity index (χ0) is 29.9. The van der Waals surface area contributed by atoms with E-state index in [-0.39, 0.29) is 0 Å². The molecule has 0 N–H and O–H groups in total. The van der Waals surface area contributed by atoms with Crippen LogP contribution in [0.4, 0.5) is 0 Å². The van der Waals surface area contributed by atoms with E-state index in [1.807, 2.05) is 30.3 Å². The van der Waals surface area contributed by atoms with Gasteiger partial charge in [0.1, 0.15) is 27.9 Å². The number of hydrogen-bond donors (Lipinski definition) is 0. The predicted molar refractivity (Wildman–Crippen MR) is 188 cm³/mol. The highest BCUT2D eigenvalue weighted by Gasteiger charge is 2.23. The van der Waals surface area contributed by atoms with Crippen LogP contribution >= 0.6 is 0 Å². The zero-order valence-electron chi connectivity index (χ0n) is 24.5. The molecule has 4 heterocycles. The van der Waals surface area contributed by atoms with Gasteiger partial charge in [0.05, 0.1) is 16.7 Å². The number of furan rings is 3. The van der Waals surface area contributed by atoms with Gasteiger partial charge in [-0.15, -0.1) is 0 Å². The third-order valence-electron chi connectivity index (χ3n) is 9.61. The van der Waals surface area contributed by atoms with E-state index in [4.69, 9.17) is 13.3 Å². The number of benzene rings is 7. The lowest BCUT2D eigenvalue weighted by atomic mass is 9.94. The molecule has 0 saturated heterocycles. The van der Waals surface area contributed by atoms with E-state index < -0.39 is 0 Å². The summed E-state index contributed by atoms with van der Waals surface area (Å²) < 4.78 is 22.0. The molecule has 46 heavy (non-hydrogen) atoms. The highest BCUT2D eigenvalue weighted by molar-refractivity contribution is 6.30. The van der Waals surface area contributed by atoms with Crippen molar-refractivity contribution in [3.05, 3.63) is 140 Å². The Morgan fingerprint density at radius 1 is 0.326 bits per heavy atom. The molecule has 0 fully saturated rings. The van der Waals surface area contributed by atoms with Crippen LogP contribution in [0.2, 0.25) is 0 Å². The summed E-state index contributed by atoms with van der Waals surface area (Å²) in [6, 6.07) is 48.6. The Labute approximate surface area is 261 Å². The second-order valence-electron chi connectivity index (χ2n) is 12.0. The second-order valence-corrected chi connectivity index (χ2v) is 12.0. The molecule has 4 nitrogen and oxygen atoms in total. The van der Waals surface area contributed by atoms with E-state index in [9.17, 15) is 0 Å². The molecule has 7 aromatic carbocycles. The van der Waals surface area contributed by atoms with Gasteiger partial charge in [-0.25, -0.2) is 0 Å². The van der Waals surface area contributed by atoms with Crippen LogP contribution in [-0.4, -0.2) is 4.57 Å². The van der Waals surface area contributed by atoms with Crippen LogP contribution in [0.25, 0.3) is 104 Å². The zero-order valence-corrected chi connectivity index (χ0v) is 24.5. The van der Waals surface area contributed by atoms with Crippen molar-refractivity contribution >= 4 is 87.6 Å². The molecule has 0 atom stereocenters. The molecule has 0 bridgehead atoms. The van der Waals surface area contributed by atoms with Crippen molar-refractivity contribution in [3.8, 4) is 16.8 Å². The van der Waals surface area contributed by atoms with Gasteiger partial charge < -0.3 is 17.8 Å². The van der Waals surface area contributed by atoms with Crippen molar-refractivity contribution < 1.29 is 13.3 Å². The second kappa shape index (κ2) is 8.68. The minimum atomic E-state index is 0.834. The summed E-state index contributed by atoms with van der Waals surface area (Å²) in [7, 11) is 0. The maximum Gasteiger partial charge on any atom is 0.159 e. The molecule has 0 aliphatic heterocycles. The smallest absolute Gasteiger partial charge is 0.159 e. The summed E-state index contributed by atoms with van der Waals surface area (Å²) in [5.74, 6) is 0. The maximum absolute atomic E-state index is 6.82. The van der Waals surface area contributed by atoms with Crippen molar-refractivity contribution in [2.24, 2.45) is 0 Å². The minimum absolute atomic E-state index is 0.834. The molecule has 0 spiro atoms. The largest absolute Gasteiger partial charge is 0.456 e. The Morgan fingerprint density at radius 2 is 0.848 bits per heavy atom. The molecule has 0 unspecified atom stereocenters. The van der Waals surface area contributed by atoms with E-state index in [0.29, 0.717) is 0 Å². The number of hydrogen-bond acceptors (Lipinski definition) is 3. The lowest BCUT2D eigenvalue weighted by Gasteiger charge is -2.08. The van der Waals surface area contributed by atoms with Gasteiger partial charge in [-0.05, 0) is 59.7 Å². The first-order valence-electron chi connectivity index (χ1n) is 15.5. The molecule has 0 aliphatic carbocycles. The molecular weight excluding hydrogens is 566 g/mol. The first-order chi connectivity index (χ1) is 22.8. The predicted octanol–water partition coefficient (Wildman–Crippen LogP) is 12.1. The number of para-hydroxylation sites is 4. The van der Waals surface area contributed by atoms with E-state index >= 15 is 0 Å². The molecule has 11 aromatic rings. The van der Waals surface area contributed by atoms with Gasteiger partial charge in [0.25, 0.3) is 0 Å². The lowest BCUT2D eigenvalue weighted by molar-refractivity contribution is 0.661. The van der Waals surface area contributed by atoms with Crippen LogP contribution < -0.4 is 0 Å². The highest BCUT2D eigenvalue weighted by Crippen LogP contribution is 2.47. The Morgan fingerprint density at radius 3 is 1.61 bits per heavy atom. The van der Waals surface area contributed by atoms with E-state index in [1.54, 1.807) is 0 Å². The lowest BCUT2D eigenvalue weighted by Crippen LogP contribution is -1.93. The van der Waals surface area contributed by atoms with Crippen molar-refractivity contribution in [2.45, 2.75) is 0 Å². The van der Waals surface area contributed by atoms with Gasteiger partial charge in [-0.2, -0.15) is 0 Å². The van der Waals surface area contributed by atoms with Gasteiger partial charge in [0, 0.05) is 43.1 Å². The molecule has 4 heteroatoms. The fourth-order valence-electron chi connectivity index (χ4n) is 7.76. The van der Waals surface area contributed by atoms with Gasteiger partial charge in [-0.3, -0.25) is 0 Å². The Hall–Kier alpha value is -6.26. The number of rotatable bonds is 2. The van der Waals surface area contributed by atoms with E-state index in [0.717, 1.165) is 93.7 Å². The van der Waals surface area contributed by atoms with E-state index in [2.05, 4.69) is 114 Å². The standard InChI is InChI=1S/C42H23NO3/c1-4-16-30-24(10-1)25-11-2-5-17-31(25)43(30)32-18-7-15-29-40-36(46-42(29)32)22-23-37-41(40)39-27(14-9-21-35(39)45-37)26-13-8-20-34-38(26)28-12-3-6-19-33(28)44-34/h1-23H. The topological polar surface area (TPSA) is 44.4 Å². The number of fused-ring (bicyclic) bond motifs is 13. The van der Waals surface area contributed by atoms with Crippen molar-refractivity contribution in [2.75, 3.05) is 0 Å². The fourth-order valence-corrected chi connectivity index (χ4v) is 7.76. The third kappa shape index (κ3) is 3.03. The Kier molecular flexibility index (Phi) is 4.55. The summed E-state index contributed by atoms with van der Waals surface area (Å²) in [6.07, 6.45) is 0. The summed E-state index contributed by atoms with van der Waals surface area (Å²) in [5.41, 5.74) is 10.7. The maximum atomic E-state index is 6.82. The minimum Gasteiger partial charge on any atom is -0.456 e. The summed E-state index contributed by atoms with van der Waals surface area (Å²) in [4.78, 5) is 0. The first-order valence-corrected chi connectivity index (χ1v) is 15.5. The van der Waals surface area contributed by atoms with Gasteiger partial charge in [0.15, 0.2) is 5.58 Å². The number of nitrogens with zero attached hydrogens (tertiary/aromatic N) is 1. The summed E-state index contributed by atoms with van der Waals surface area (Å²) >= 11 is 0. The molecular formula is C42H23NO3. The first kappa shape index (κ1) is 24.1. The van der Waals surface area contributed by atoms with Crippen LogP contribution in [0.5, 0.6) is 0 Å². The van der Waals surface area contributed by atoms with Gasteiger partial charge in [0.2, 0.25) is 0 Å². The third-order valence-corrected chi connectivity index (χ3v) is 9.61. The van der Waals surface area contributed by atoms with Crippen molar-refractivity contribution in [3.63, 3.8) is 0 Å². The van der Waals surface area contributed by atoms with Crippen LogP contribution in [0.1, 0.15) is 0 Å².